The Bertz CT molecular complexity index is 403. The zero-order chi connectivity index (χ0) is 13.8. The fourth-order valence-electron chi connectivity index (χ4n) is 1.11. The fraction of sp³-hybridized carbons (Fsp3) is 0.400. The molecule has 1 rings (SSSR count). The summed E-state index contributed by atoms with van der Waals surface area (Å²) >= 11 is 8.37. The van der Waals surface area contributed by atoms with Gasteiger partial charge in [-0.1, -0.05) is 0 Å². The molecule has 0 heterocycles. The van der Waals surface area contributed by atoms with E-state index in [4.69, 9.17) is 11.6 Å². The predicted molar refractivity (Wildman–Crippen MR) is 66.0 cm³/mol. The molecule has 2 N–H and O–H groups in total. The van der Waals surface area contributed by atoms with Gasteiger partial charge in [0, 0.05) is 12.2 Å². The van der Waals surface area contributed by atoms with Crippen molar-refractivity contribution < 1.29 is 23.0 Å². The summed E-state index contributed by atoms with van der Waals surface area (Å²) in [7, 11) is 0. The maximum Gasteiger partial charge on any atom is 0.573 e. The molecule has 1 aromatic carbocycles. The van der Waals surface area contributed by atoms with Crippen LogP contribution in [0.25, 0.3) is 0 Å². The molecule has 8 heteroatoms. The lowest BCUT2D eigenvalue weighted by Gasteiger charge is -2.13. The van der Waals surface area contributed by atoms with Gasteiger partial charge in [0.1, 0.15) is 5.75 Å². The highest BCUT2D eigenvalue weighted by atomic mass is 79.9. The number of alkyl halides is 4. The molecule has 0 aliphatic rings. The molecule has 0 saturated heterocycles. The van der Waals surface area contributed by atoms with E-state index in [2.05, 4.69) is 26.0 Å². The van der Waals surface area contributed by atoms with Gasteiger partial charge in [0.15, 0.2) is 0 Å². The van der Waals surface area contributed by atoms with Gasteiger partial charge >= 0.3 is 6.36 Å². The van der Waals surface area contributed by atoms with Crippen LogP contribution in [0.5, 0.6) is 5.75 Å². The summed E-state index contributed by atoms with van der Waals surface area (Å²) in [5.74, 6) is -0.255. The van der Waals surface area contributed by atoms with Crippen molar-refractivity contribution in [2.75, 3.05) is 17.7 Å². The van der Waals surface area contributed by atoms with Crippen molar-refractivity contribution in [1.29, 1.82) is 0 Å². The van der Waals surface area contributed by atoms with Crippen LogP contribution in [0.3, 0.4) is 0 Å². The van der Waals surface area contributed by atoms with Crippen molar-refractivity contribution in [2.24, 2.45) is 0 Å². The molecule has 0 fully saturated rings. The average molecular weight is 349 g/mol. The number of hydrogen-bond donors (Lipinski definition) is 2. The third-order valence-corrected chi connectivity index (χ3v) is 2.85. The number of anilines is 1. The van der Waals surface area contributed by atoms with E-state index < -0.39 is 12.5 Å². The minimum absolute atomic E-state index is 0.0729. The third-order valence-electron chi connectivity index (χ3n) is 1.88. The van der Waals surface area contributed by atoms with Crippen molar-refractivity contribution in [2.45, 2.75) is 12.5 Å². The highest BCUT2D eigenvalue weighted by Crippen LogP contribution is 2.32. The molecular weight excluding hydrogens is 338 g/mol. The second-order valence-electron chi connectivity index (χ2n) is 3.38. The summed E-state index contributed by atoms with van der Waals surface area (Å²) in [4.78, 5) is 0. The van der Waals surface area contributed by atoms with Gasteiger partial charge in [0.25, 0.3) is 0 Å². The Hall–Kier alpha value is -0.660. The van der Waals surface area contributed by atoms with E-state index in [0.717, 1.165) is 0 Å². The van der Waals surface area contributed by atoms with Gasteiger partial charge in [-0.15, -0.1) is 24.8 Å². The normalized spacial score (nSPS) is 13.2. The van der Waals surface area contributed by atoms with E-state index in [9.17, 15) is 18.3 Å². The summed E-state index contributed by atoms with van der Waals surface area (Å²) in [5, 5.41) is 12.0. The van der Waals surface area contributed by atoms with Gasteiger partial charge in [0.05, 0.1) is 16.5 Å². The minimum atomic E-state index is -4.73. The first-order valence-electron chi connectivity index (χ1n) is 4.85. The molecule has 1 aromatic rings. The summed E-state index contributed by atoms with van der Waals surface area (Å²) in [5.41, 5.74) is 0.542. The Balaban J connectivity index is 2.67. The summed E-state index contributed by atoms with van der Waals surface area (Å²) in [6, 6.07) is 4.00. The Morgan fingerprint density at radius 3 is 2.61 bits per heavy atom. The molecule has 0 spiro atoms. The number of ether oxygens (including phenoxy) is 1. The lowest BCUT2D eigenvalue weighted by atomic mass is 10.3. The number of benzene rings is 1. The minimum Gasteiger partial charge on any atom is -0.405 e. The molecule has 0 radical (unpaired) electrons. The van der Waals surface area contributed by atoms with E-state index >= 15 is 0 Å². The zero-order valence-corrected chi connectivity index (χ0v) is 11.3. The largest absolute Gasteiger partial charge is 0.573 e. The van der Waals surface area contributed by atoms with Crippen LogP contribution in [0, 0.1) is 0 Å². The van der Waals surface area contributed by atoms with E-state index in [1.54, 1.807) is 0 Å². The van der Waals surface area contributed by atoms with Crippen LogP contribution in [-0.2, 0) is 0 Å². The van der Waals surface area contributed by atoms with E-state index in [1.807, 2.05) is 0 Å². The van der Waals surface area contributed by atoms with Crippen LogP contribution in [0.4, 0.5) is 18.9 Å². The summed E-state index contributed by atoms with van der Waals surface area (Å²) < 4.78 is 40.0. The highest BCUT2D eigenvalue weighted by Gasteiger charge is 2.31. The monoisotopic (exact) mass is 347 g/mol. The lowest BCUT2D eigenvalue weighted by Crippen LogP contribution is -2.21. The van der Waals surface area contributed by atoms with Crippen molar-refractivity contribution in [3.63, 3.8) is 0 Å². The number of nitrogens with one attached hydrogen (secondary N) is 1. The Kier molecular flexibility index (Phi) is 5.55. The van der Waals surface area contributed by atoms with Gasteiger partial charge < -0.3 is 15.2 Å². The standard InChI is InChI=1S/C10H10BrClF3NO2/c11-8-3-6(16-5-7(17)4-12)1-2-9(8)18-10(13,14)15/h1-3,7,16-17H,4-5H2. The maximum atomic E-state index is 12.0. The van der Waals surface area contributed by atoms with Crippen molar-refractivity contribution in [3.05, 3.63) is 22.7 Å². The lowest BCUT2D eigenvalue weighted by molar-refractivity contribution is -0.274. The maximum absolute atomic E-state index is 12.0. The fourth-order valence-corrected chi connectivity index (χ4v) is 1.68. The molecule has 0 bridgehead atoms. The molecule has 0 aliphatic heterocycles. The number of aliphatic hydroxyl groups is 1. The quantitative estimate of drug-likeness (QED) is 0.802. The Labute approximate surface area is 115 Å². The van der Waals surface area contributed by atoms with Gasteiger partial charge in [-0.2, -0.15) is 0 Å². The number of aliphatic hydroxyl groups excluding tert-OH is 1. The molecule has 1 atom stereocenters. The SMILES string of the molecule is OC(CCl)CNc1ccc(OC(F)(F)F)c(Br)c1. The van der Waals surface area contributed by atoms with E-state index in [0.29, 0.717) is 5.69 Å². The molecule has 0 aliphatic carbocycles. The Morgan fingerprint density at radius 1 is 1.44 bits per heavy atom. The Morgan fingerprint density at radius 2 is 2.11 bits per heavy atom. The summed E-state index contributed by atoms with van der Waals surface area (Å²) in [6.07, 6.45) is -5.46. The van der Waals surface area contributed by atoms with Crippen molar-refractivity contribution in [3.8, 4) is 5.75 Å². The van der Waals surface area contributed by atoms with Crippen LogP contribution >= 0.6 is 27.5 Å². The molecule has 3 nitrogen and oxygen atoms in total. The van der Waals surface area contributed by atoms with E-state index in [-0.39, 0.29) is 22.6 Å². The van der Waals surface area contributed by atoms with E-state index in [1.165, 1.54) is 18.2 Å². The first-order valence-corrected chi connectivity index (χ1v) is 6.18. The first kappa shape index (κ1) is 15.4. The van der Waals surface area contributed by atoms with Crippen LogP contribution < -0.4 is 10.1 Å². The molecule has 102 valence electrons. The third kappa shape index (κ3) is 5.32. The van der Waals surface area contributed by atoms with Crippen LogP contribution in [0.1, 0.15) is 0 Å². The molecule has 0 saturated carbocycles. The number of rotatable bonds is 5. The van der Waals surface area contributed by atoms with Gasteiger partial charge in [-0.25, -0.2) is 0 Å². The second-order valence-corrected chi connectivity index (χ2v) is 4.54. The molecule has 0 amide bonds. The molecule has 1 unspecified atom stereocenters. The van der Waals surface area contributed by atoms with Crippen LogP contribution in [0.2, 0.25) is 0 Å². The zero-order valence-electron chi connectivity index (χ0n) is 8.97. The number of halogens is 5. The molecular formula is C10H10BrClF3NO2. The predicted octanol–water partition coefficient (Wildman–Crippen LogP) is 3.36. The smallest absolute Gasteiger partial charge is 0.405 e. The van der Waals surface area contributed by atoms with Crippen molar-refractivity contribution in [1.82, 2.24) is 0 Å². The number of hydrogen-bond acceptors (Lipinski definition) is 3. The molecule has 18 heavy (non-hydrogen) atoms. The van der Waals surface area contributed by atoms with Crippen LogP contribution in [0.15, 0.2) is 22.7 Å². The second kappa shape index (κ2) is 6.49. The highest BCUT2D eigenvalue weighted by molar-refractivity contribution is 9.10. The van der Waals surface area contributed by atoms with Gasteiger partial charge in [-0.3, -0.25) is 0 Å². The van der Waals surface area contributed by atoms with Gasteiger partial charge in [-0.05, 0) is 34.1 Å². The topological polar surface area (TPSA) is 41.5 Å². The first-order chi connectivity index (χ1) is 8.31. The molecule has 0 aromatic heterocycles. The van der Waals surface area contributed by atoms with Gasteiger partial charge in [0.2, 0.25) is 0 Å². The van der Waals surface area contributed by atoms with Crippen LogP contribution in [-0.4, -0.2) is 30.0 Å². The van der Waals surface area contributed by atoms with Crippen molar-refractivity contribution >= 4 is 33.2 Å². The average Bonchev–Trinajstić information content (AvgIpc) is 2.27. The summed E-state index contributed by atoms with van der Waals surface area (Å²) in [6.45, 7) is 0.204.